The maximum Gasteiger partial charge on any atom is 0.326 e. The number of carbonyl (C=O) groups excluding carboxylic acids is 3. The van der Waals surface area contributed by atoms with Gasteiger partial charge in [-0.2, -0.15) is 36.2 Å². The van der Waals surface area contributed by atoms with Gasteiger partial charge in [0.05, 0.1) is 6.04 Å². The number of rotatable bonds is 15. The van der Waals surface area contributed by atoms with Crippen LogP contribution in [0.25, 0.3) is 0 Å². The largest absolute Gasteiger partial charge is 0.480 e. The summed E-state index contributed by atoms with van der Waals surface area (Å²) in [4.78, 5) is 48.8. The summed E-state index contributed by atoms with van der Waals surface area (Å²) in [6.07, 6.45) is 4.49. The second kappa shape index (κ2) is 15.7. The number of hydrogen-bond acceptors (Lipinski definition) is 8. The lowest BCUT2D eigenvalue weighted by Crippen LogP contribution is -2.59. The number of hydrogen-bond donors (Lipinski definition) is 6. The SMILES string of the molecule is CSCCC(N)C(=O)NC(C(=O)NC(CS)C(=O)NC(CCSC)C(=O)O)C(C)C. The van der Waals surface area contributed by atoms with Crippen LogP contribution in [-0.4, -0.2) is 82.7 Å². The van der Waals surface area contributed by atoms with Gasteiger partial charge in [-0.3, -0.25) is 14.4 Å². The molecule has 0 aliphatic rings. The van der Waals surface area contributed by atoms with E-state index in [0.717, 1.165) is 5.75 Å². The van der Waals surface area contributed by atoms with E-state index < -0.39 is 47.9 Å². The van der Waals surface area contributed by atoms with E-state index in [9.17, 15) is 24.3 Å². The molecule has 0 aromatic carbocycles. The van der Waals surface area contributed by atoms with Crippen LogP contribution >= 0.6 is 36.2 Å². The van der Waals surface area contributed by atoms with Crippen LogP contribution in [0.2, 0.25) is 0 Å². The topological polar surface area (TPSA) is 151 Å². The first-order valence-electron chi connectivity index (χ1n) is 9.57. The van der Waals surface area contributed by atoms with E-state index in [2.05, 4.69) is 28.6 Å². The van der Waals surface area contributed by atoms with Gasteiger partial charge >= 0.3 is 5.97 Å². The predicted molar refractivity (Wildman–Crippen MR) is 126 cm³/mol. The lowest BCUT2D eigenvalue weighted by Gasteiger charge is -2.26. The molecule has 4 atom stereocenters. The van der Waals surface area contributed by atoms with Crippen LogP contribution in [0, 0.1) is 5.92 Å². The summed E-state index contributed by atoms with van der Waals surface area (Å²) < 4.78 is 0. The van der Waals surface area contributed by atoms with Gasteiger partial charge in [-0.25, -0.2) is 4.79 Å². The summed E-state index contributed by atoms with van der Waals surface area (Å²) >= 11 is 7.14. The number of carboxylic acids is 1. The molecule has 3 amide bonds. The summed E-state index contributed by atoms with van der Waals surface area (Å²) in [7, 11) is 0. The average Bonchev–Trinajstić information content (AvgIpc) is 2.70. The first kappa shape index (κ1) is 28.9. The number of nitrogens with one attached hydrogen (secondary N) is 3. The molecule has 0 fully saturated rings. The quantitative estimate of drug-likeness (QED) is 0.178. The van der Waals surface area contributed by atoms with Gasteiger partial charge in [0.1, 0.15) is 18.1 Å². The van der Waals surface area contributed by atoms with Crippen LogP contribution in [-0.2, 0) is 19.2 Å². The van der Waals surface area contributed by atoms with E-state index in [-0.39, 0.29) is 18.1 Å². The van der Waals surface area contributed by atoms with E-state index in [1.54, 1.807) is 25.6 Å². The van der Waals surface area contributed by atoms with Crippen LogP contribution in [0.4, 0.5) is 0 Å². The number of thiol groups is 1. The van der Waals surface area contributed by atoms with Crippen molar-refractivity contribution in [2.24, 2.45) is 11.7 Å². The Morgan fingerprint density at radius 2 is 1.43 bits per heavy atom. The van der Waals surface area contributed by atoms with Crippen molar-refractivity contribution in [1.29, 1.82) is 0 Å². The van der Waals surface area contributed by atoms with Gasteiger partial charge in [0.25, 0.3) is 0 Å². The maximum absolute atomic E-state index is 12.7. The first-order chi connectivity index (χ1) is 14.1. The van der Waals surface area contributed by atoms with Gasteiger partial charge in [-0.05, 0) is 42.8 Å². The summed E-state index contributed by atoms with van der Waals surface area (Å²) in [6, 6.07) is -3.72. The van der Waals surface area contributed by atoms with Gasteiger partial charge in [0, 0.05) is 5.75 Å². The van der Waals surface area contributed by atoms with E-state index in [1.807, 2.05) is 12.5 Å². The zero-order valence-corrected chi connectivity index (χ0v) is 20.4. The van der Waals surface area contributed by atoms with Crippen LogP contribution in [0.3, 0.4) is 0 Å². The number of nitrogens with two attached hydrogens (primary N) is 1. The van der Waals surface area contributed by atoms with Gasteiger partial charge in [0.15, 0.2) is 0 Å². The summed E-state index contributed by atoms with van der Waals surface area (Å²) in [5, 5.41) is 16.9. The van der Waals surface area contributed by atoms with Gasteiger partial charge in [-0.1, -0.05) is 13.8 Å². The smallest absolute Gasteiger partial charge is 0.326 e. The molecule has 174 valence electrons. The standard InChI is InChI=1S/C18H34N4O5S3/c1-10(2)14(22-15(23)11(19)5-7-29-3)17(25)21-13(9-28)16(24)20-12(18(26)27)6-8-30-4/h10-14,28H,5-9,19H2,1-4H3,(H,20,24)(H,21,25)(H,22,23)(H,26,27). The molecule has 0 aromatic heterocycles. The van der Waals surface area contributed by atoms with Crippen LogP contribution in [0.5, 0.6) is 0 Å². The Balaban J connectivity index is 5.06. The van der Waals surface area contributed by atoms with E-state index in [4.69, 9.17) is 5.73 Å². The normalized spacial score (nSPS) is 15.0. The molecule has 0 saturated heterocycles. The molecular weight excluding hydrogens is 448 g/mol. The molecule has 0 radical (unpaired) electrons. The molecule has 0 aliphatic heterocycles. The molecule has 0 rings (SSSR count). The Bertz CT molecular complexity index is 580. The van der Waals surface area contributed by atoms with Crippen molar-refractivity contribution in [2.45, 2.75) is 50.9 Å². The van der Waals surface area contributed by atoms with E-state index >= 15 is 0 Å². The number of carbonyl (C=O) groups is 4. The van der Waals surface area contributed by atoms with Crippen molar-refractivity contribution < 1.29 is 24.3 Å². The minimum atomic E-state index is -1.15. The minimum Gasteiger partial charge on any atom is -0.480 e. The van der Waals surface area contributed by atoms with E-state index in [1.165, 1.54) is 11.8 Å². The third-order valence-corrected chi connectivity index (χ3v) is 5.91. The van der Waals surface area contributed by atoms with Crippen LogP contribution < -0.4 is 21.7 Å². The van der Waals surface area contributed by atoms with Gasteiger partial charge < -0.3 is 26.8 Å². The molecule has 30 heavy (non-hydrogen) atoms. The highest BCUT2D eigenvalue weighted by Crippen LogP contribution is 2.06. The zero-order chi connectivity index (χ0) is 23.3. The molecule has 4 unspecified atom stereocenters. The predicted octanol–water partition coefficient (Wildman–Crippen LogP) is -0.0553. The summed E-state index contributed by atoms with van der Waals surface area (Å²) in [5.74, 6) is -1.78. The monoisotopic (exact) mass is 482 g/mol. The number of aliphatic carboxylic acids is 1. The molecule has 0 saturated carbocycles. The van der Waals surface area contributed by atoms with Gasteiger partial charge in [-0.15, -0.1) is 0 Å². The van der Waals surface area contributed by atoms with Crippen molar-refractivity contribution in [3.8, 4) is 0 Å². The maximum atomic E-state index is 12.7. The molecular formula is C18H34N4O5S3. The Labute approximate surface area is 192 Å². The Morgan fingerprint density at radius 3 is 1.90 bits per heavy atom. The molecule has 0 heterocycles. The fourth-order valence-corrected chi connectivity index (χ4v) is 3.61. The summed E-state index contributed by atoms with van der Waals surface area (Å²) in [6.45, 7) is 3.52. The van der Waals surface area contributed by atoms with Crippen LogP contribution in [0.1, 0.15) is 26.7 Å². The number of carboxylic acid groups (broad SMARTS) is 1. The fourth-order valence-electron chi connectivity index (χ4n) is 2.39. The highest BCUT2D eigenvalue weighted by Gasteiger charge is 2.31. The molecule has 0 spiro atoms. The van der Waals surface area contributed by atoms with E-state index in [0.29, 0.717) is 12.2 Å². The van der Waals surface area contributed by atoms with Crippen molar-refractivity contribution in [2.75, 3.05) is 29.8 Å². The molecule has 12 heteroatoms. The van der Waals surface area contributed by atoms with Crippen molar-refractivity contribution in [1.82, 2.24) is 16.0 Å². The van der Waals surface area contributed by atoms with Crippen molar-refractivity contribution >= 4 is 59.8 Å². The molecule has 9 nitrogen and oxygen atoms in total. The first-order valence-corrected chi connectivity index (χ1v) is 13.0. The molecule has 0 aromatic rings. The fraction of sp³-hybridized carbons (Fsp3) is 0.778. The average molecular weight is 483 g/mol. The van der Waals surface area contributed by atoms with Crippen molar-refractivity contribution in [3.05, 3.63) is 0 Å². The zero-order valence-electron chi connectivity index (χ0n) is 17.8. The Kier molecular flexibility index (Phi) is 15.1. The second-order valence-electron chi connectivity index (χ2n) is 7.04. The third-order valence-electron chi connectivity index (χ3n) is 4.26. The minimum absolute atomic E-state index is 0.0293. The molecule has 0 aliphatic carbocycles. The third kappa shape index (κ3) is 10.8. The van der Waals surface area contributed by atoms with Crippen molar-refractivity contribution in [3.63, 3.8) is 0 Å². The highest BCUT2D eigenvalue weighted by atomic mass is 32.2. The molecule has 0 bridgehead atoms. The number of amides is 3. The second-order valence-corrected chi connectivity index (χ2v) is 9.38. The van der Waals surface area contributed by atoms with Gasteiger partial charge in [0.2, 0.25) is 17.7 Å². The Hall–Kier alpha value is -1.11. The highest BCUT2D eigenvalue weighted by molar-refractivity contribution is 7.98. The van der Waals surface area contributed by atoms with Crippen LogP contribution in [0.15, 0.2) is 0 Å². The lowest BCUT2D eigenvalue weighted by atomic mass is 10.0. The lowest BCUT2D eigenvalue weighted by molar-refractivity contribution is -0.142. The number of thioether (sulfide) groups is 2. The molecule has 6 N–H and O–H groups in total. The Morgan fingerprint density at radius 1 is 0.900 bits per heavy atom. The summed E-state index contributed by atoms with van der Waals surface area (Å²) in [5.41, 5.74) is 5.86.